The van der Waals surface area contributed by atoms with Crippen LogP contribution in [-0.4, -0.2) is 19.3 Å². The van der Waals surface area contributed by atoms with Crippen LogP contribution in [0.1, 0.15) is 16.7 Å². The van der Waals surface area contributed by atoms with Gasteiger partial charge in [-0.25, -0.2) is 0 Å². The Morgan fingerprint density at radius 1 is 0.545 bits per heavy atom. The van der Waals surface area contributed by atoms with Crippen LogP contribution in [0.15, 0.2) is 133 Å². The molecule has 1 unspecified atom stereocenters. The van der Waals surface area contributed by atoms with Gasteiger partial charge in [-0.1, -0.05) is 109 Å². The van der Waals surface area contributed by atoms with E-state index in [1.54, 1.807) is 20.3 Å². The maximum Gasteiger partial charge on any atom is 0.419 e. The molecule has 0 saturated carbocycles. The van der Waals surface area contributed by atoms with E-state index in [4.69, 9.17) is 9.47 Å². The lowest BCUT2D eigenvalue weighted by Gasteiger charge is -2.23. The number of thiophene rings is 1. The largest absolute Gasteiger partial charge is 0.507 e. The molecule has 55 heavy (non-hydrogen) atoms. The molecule has 0 aliphatic carbocycles. The number of alkyl halides is 3. The van der Waals surface area contributed by atoms with Crippen LogP contribution in [-0.2, 0) is 6.18 Å². The molecule has 274 valence electrons. The Kier molecular flexibility index (Phi) is 9.62. The number of para-hydroxylation sites is 1. The van der Waals surface area contributed by atoms with E-state index in [-0.39, 0.29) is 13.9 Å². The highest BCUT2D eigenvalue weighted by Gasteiger charge is 2.35. The van der Waals surface area contributed by atoms with E-state index in [9.17, 15) is 18.3 Å². The minimum atomic E-state index is -4.69. The van der Waals surface area contributed by atoms with E-state index < -0.39 is 17.5 Å². The van der Waals surface area contributed by atoms with Gasteiger partial charge in [0.1, 0.15) is 17.2 Å². The molecule has 8 aromatic rings. The summed E-state index contributed by atoms with van der Waals surface area (Å²) in [7, 11) is 3.10. The van der Waals surface area contributed by atoms with Crippen LogP contribution < -0.4 is 19.4 Å². The summed E-state index contributed by atoms with van der Waals surface area (Å²) in [5.74, 6) is 0.682. The number of benzene rings is 7. The zero-order valence-electron chi connectivity index (χ0n) is 30.5. The molecule has 8 rings (SSSR count). The first kappa shape index (κ1) is 36.4. The second-order valence-corrected chi connectivity index (χ2v) is 15.9. The summed E-state index contributed by atoms with van der Waals surface area (Å²) in [5, 5.41) is 17.5. The number of hydrogen-bond donors (Lipinski definition) is 1. The highest BCUT2D eigenvalue weighted by atomic mass is 32.1. The smallest absolute Gasteiger partial charge is 0.419 e. The van der Waals surface area contributed by atoms with Crippen molar-refractivity contribution >= 4 is 51.4 Å². The van der Waals surface area contributed by atoms with Crippen molar-refractivity contribution in [3.05, 3.63) is 149 Å². The van der Waals surface area contributed by atoms with Crippen LogP contribution in [0.4, 0.5) is 13.2 Å². The number of methoxy groups -OCH3 is 2. The summed E-state index contributed by atoms with van der Waals surface area (Å²) in [5.41, 5.74) is 8.52. The van der Waals surface area contributed by atoms with E-state index in [0.29, 0.717) is 11.5 Å². The first-order valence-corrected chi connectivity index (χ1v) is 19.6. The summed E-state index contributed by atoms with van der Waals surface area (Å²) in [4.78, 5) is 0. The fourth-order valence-electron chi connectivity index (χ4n) is 7.74. The third-order valence-corrected chi connectivity index (χ3v) is 12.8. The monoisotopic (exact) mass is 768 g/mol. The second kappa shape index (κ2) is 14.6. The van der Waals surface area contributed by atoms with Crippen molar-refractivity contribution < 1.29 is 27.8 Å². The summed E-state index contributed by atoms with van der Waals surface area (Å²) < 4.78 is 55.2. The first-order valence-electron chi connectivity index (χ1n) is 17.7. The number of halogens is 3. The van der Waals surface area contributed by atoms with Crippen molar-refractivity contribution in [1.29, 1.82) is 0 Å². The molecule has 1 atom stereocenters. The molecule has 7 aromatic carbocycles. The van der Waals surface area contributed by atoms with Crippen molar-refractivity contribution in [1.82, 2.24) is 0 Å². The van der Waals surface area contributed by atoms with Crippen molar-refractivity contribution in [2.24, 2.45) is 0 Å². The van der Waals surface area contributed by atoms with Crippen molar-refractivity contribution in [2.45, 2.75) is 20.0 Å². The minimum Gasteiger partial charge on any atom is -0.507 e. The number of hydrogen-bond acceptors (Lipinski definition) is 4. The molecule has 1 aromatic heterocycles. The van der Waals surface area contributed by atoms with E-state index in [2.05, 4.69) is 86.0 Å². The lowest BCUT2D eigenvalue weighted by atomic mass is 9.82. The fraction of sp³-hybridized carbons (Fsp3) is 0.106. The van der Waals surface area contributed by atoms with Crippen LogP contribution in [0.25, 0.3) is 66.1 Å². The minimum absolute atomic E-state index is 0.232. The molecule has 8 heteroatoms. The number of phenols is 1. The molecular formula is C47H36F3O3PS. The quantitative estimate of drug-likeness (QED) is 0.157. The van der Waals surface area contributed by atoms with Gasteiger partial charge in [-0.3, -0.25) is 0 Å². The average molecular weight is 769 g/mol. The number of phenolic OH excluding ortho intramolecular Hbond substituents is 1. The molecule has 0 aliphatic heterocycles. The normalized spacial score (nSPS) is 11.9. The Balaban J connectivity index is 1.52. The van der Waals surface area contributed by atoms with E-state index in [0.717, 1.165) is 87.9 Å². The zero-order valence-corrected chi connectivity index (χ0v) is 32.3. The van der Waals surface area contributed by atoms with E-state index in [1.807, 2.05) is 42.5 Å². The first-order chi connectivity index (χ1) is 26.6. The fourth-order valence-corrected chi connectivity index (χ4v) is 10.3. The van der Waals surface area contributed by atoms with Crippen LogP contribution in [0.2, 0.25) is 0 Å². The SMILES string of the molecule is COc1ccc2ccccc2c1-c1cccc(-c2c(OC)ccc3ccccc23)c1-c1csc(Pc2cccc(C(F)(F)F)c2O)c1-c1c(C)cccc1C. The highest BCUT2D eigenvalue weighted by Crippen LogP contribution is 2.52. The van der Waals surface area contributed by atoms with E-state index >= 15 is 0 Å². The van der Waals surface area contributed by atoms with Crippen molar-refractivity contribution in [3.63, 3.8) is 0 Å². The van der Waals surface area contributed by atoms with Gasteiger partial charge in [0.05, 0.1) is 19.8 Å². The van der Waals surface area contributed by atoms with Gasteiger partial charge < -0.3 is 14.6 Å². The van der Waals surface area contributed by atoms with Crippen molar-refractivity contribution in [2.75, 3.05) is 14.2 Å². The van der Waals surface area contributed by atoms with Crippen LogP contribution in [0.3, 0.4) is 0 Å². The Morgan fingerprint density at radius 2 is 1.07 bits per heavy atom. The molecule has 1 heterocycles. The van der Waals surface area contributed by atoms with Gasteiger partial charge in [0.25, 0.3) is 0 Å². The predicted molar refractivity (Wildman–Crippen MR) is 224 cm³/mol. The van der Waals surface area contributed by atoms with Gasteiger partial charge in [-0.15, -0.1) is 11.3 Å². The lowest BCUT2D eigenvalue weighted by Crippen LogP contribution is -2.11. The summed E-state index contributed by atoms with van der Waals surface area (Å²) >= 11 is 1.49. The number of fused-ring (bicyclic) bond motifs is 2. The van der Waals surface area contributed by atoms with Gasteiger partial charge in [0, 0.05) is 32.2 Å². The zero-order chi connectivity index (χ0) is 38.4. The second-order valence-electron chi connectivity index (χ2n) is 13.4. The molecule has 0 bridgehead atoms. The Labute approximate surface area is 323 Å². The lowest BCUT2D eigenvalue weighted by molar-refractivity contribution is -0.138. The number of ether oxygens (including phenoxy) is 2. The average Bonchev–Trinajstić information content (AvgIpc) is 3.59. The van der Waals surface area contributed by atoms with Gasteiger partial charge in [0.2, 0.25) is 0 Å². The summed E-state index contributed by atoms with van der Waals surface area (Å²) in [6.07, 6.45) is -4.69. The van der Waals surface area contributed by atoms with Crippen LogP contribution in [0.5, 0.6) is 17.2 Å². The summed E-state index contributed by atoms with van der Waals surface area (Å²) in [6.45, 7) is 4.12. The maximum atomic E-state index is 14.0. The molecule has 0 radical (unpaired) electrons. The van der Waals surface area contributed by atoms with E-state index in [1.165, 1.54) is 17.4 Å². The van der Waals surface area contributed by atoms with Gasteiger partial charge in [-0.2, -0.15) is 13.2 Å². The molecule has 3 nitrogen and oxygen atoms in total. The highest BCUT2D eigenvalue weighted by molar-refractivity contribution is 7.63. The molecular weight excluding hydrogens is 733 g/mol. The van der Waals surface area contributed by atoms with Crippen LogP contribution in [0, 0.1) is 13.8 Å². The molecule has 0 fully saturated rings. The van der Waals surface area contributed by atoms with Crippen LogP contribution >= 0.6 is 19.9 Å². The molecule has 1 N–H and O–H groups in total. The Bertz CT molecular complexity index is 2630. The van der Waals surface area contributed by atoms with Gasteiger partial charge in [-0.05, 0) is 101 Å². The Hall–Kier alpha value is -5.62. The number of aromatic hydroxyl groups is 1. The predicted octanol–water partition coefficient (Wildman–Crippen LogP) is 12.7. The topological polar surface area (TPSA) is 38.7 Å². The summed E-state index contributed by atoms with van der Waals surface area (Å²) in [6, 6.07) is 40.9. The Morgan fingerprint density at radius 3 is 1.62 bits per heavy atom. The van der Waals surface area contributed by atoms with Crippen molar-refractivity contribution in [3.8, 4) is 61.8 Å². The number of aryl methyl sites for hydroxylation is 2. The molecule has 0 spiro atoms. The standard InChI is InChI=1S/C47H36F3O3PS/c1-27-12-9-13-28(2)40(27)44-35(26-55-46(44)54-39-21-11-20-36(45(39)51)47(48,49)50)41-33(42-31-16-7-5-14-29(31)22-24-37(42)52-3)18-10-19-34(41)43-32-17-8-6-15-30(32)23-25-38(43)53-4/h5-26,51,54H,1-4H3. The van der Waals surface area contributed by atoms with Gasteiger partial charge >= 0.3 is 6.18 Å². The third-order valence-electron chi connectivity index (χ3n) is 10.2. The van der Waals surface area contributed by atoms with Gasteiger partial charge in [0.15, 0.2) is 0 Å². The molecule has 0 amide bonds. The molecule has 0 saturated heterocycles. The maximum absolute atomic E-state index is 14.0. The third kappa shape index (κ3) is 6.41. The molecule has 0 aliphatic rings. The number of rotatable bonds is 8.